The topological polar surface area (TPSA) is 28.7 Å². The van der Waals surface area contributed by atoms with Gasteiger partial charge in [0.2, 0.25) is 0 Å². The van der Waals surface area contributed by atoms with Crippen LogP contribution in [0.15, 0.2) is 67.8 Å². The third-order valence-corrected chi connectivity index (χ3v) is 4.40. The molecule has 0 atom stereocenters. The van der Waals surface area contributed by atoms with Gasteiger partial charge in [0.15, 0.2) is 0 Å². The van der Waals surface area contributed by atoms with E-state index in [1.54, 1.807) is 6.08 Å². The number of aromatic nitrogens is 2. The van der Waals surface area contributed by atoms with Gasteiger partial charge >= 0.3 is 0 Å². The van der Waals surface area contributed by atoms with Crippen LogP contribution in [0.25, 0.3) is 11.3 Å². The summed E-state index contributed by atoms with van der Waals surface area (Å²) in [6.45, 7) is 25.6. The molecule has 2 aromatic rings. The molecule has 0 radical (unpaired) electrons. The van der Waals surface area contributed by atoms with Crippen molar-refractivity contribution in [3.05, 3.63) is 79.1 Å². The van der Waals surface area contributed by atoms with Gasteiger partial charge in [-0.1, -0.05) is 89.1 Å². The third-order valence-electron chi connectivity index (χ3n) is 4.40. The SMILES string of the molecule is C/C=C(/C)CC.C=C.C=CC.CC.CC.c1ccc(-c2n[nH]c3c2CCCCC3)cc1. The van der Waals surface area contributed by atoms with E-state index in [2.05, 4.69) is 87.1 Å². The molecule has 1 N–H and O–H groups in total. The van der Waals surface area contributed by atoms with E-state index in [1.165, 1.54) is 54.5 Å². The van der Waals surface area contributed by atoms with Crippen LogP contribution in [0.4, 0.5) is 0 Å². The molecule has 0 fully saturated rings. The molecule has 1 aliphatic rings. The molecule has 0 unspecified atom stereocenters. The third kappa shape index (κ3) is 15.2. The normalized spacial score (nSPS) is 11.3. The molecule has 31 heavy (non-hydrogen) atoms. The maximum Gasteiger partial charge on any atom is 0.0955 e. The van der Waals surface area contributed by atoms with Crippen molar-refractivity contribution in [2.24, 2.45) is 0 Å². The highest BCUT2D eigenvalue weighted by Crippen LogP contribution is 2.28. The molecule has 0 saturated carbocycles. The summed E-state index contributed by atoms with van der Waals surface area (Å²) in [4.78, 5) is 0. The second-order valence-electron chi connectivity index (χ2n) is 6.35. The van der Waals surface area contributed by atoms with Gasteiger partial charge < -0.3 is 0 Å². The Morgan fingerprint density at radius 2 is 1.48 bits per heavy atom. The molecule has 176 valence electrons. The summed E-state index contributed by atoms with van der Waals surface area (Å²) < 4.78 is 0. The lowest BCUT2D eigenvalue weighted by molar-refractivity contribution is 0.703. The average Bonchev–Trinajstić information content (AvgIpc) is 3.12. The molecule has 3 rings (SSSR count). The molecule has 0 spiro atoms. The Morgan fingerprint density at radius 1 is 0.968 bits per heavy atom. The van der Waals surface area contributed by atoms with Crippen LogP contribution in [-0.2, 0) is 12.8 Å². The minimum absolute atomic E-state index is 1.16. The second kappa shape index (κ2) is 25.7. The number of fused-ring (bicyclic) bond motifs is 1. The molecule has 1 aromatic heterocycles. The maximum absolute atomic E-state index is 4.48. The highest BCUT2D eigenvalue weighted by Gasteiger charge is 2.16. The molecular weight excluding hydrogens is 376 g/mol. The number of aryl methyl sites for hydroxylation is 1. The Morgan fingerprint density at radius 3 is 1.94 bits per heavy atom. The highest BCUT2D eigenvalue weighted by atomic mass is 15.1. The van der Waals surface area contributed by atoms with E-state index in [4.69, 9.17) is 0 Å². The van der Waals surface area contributed by atoms with Crippen molar-refractivity contribution < 1.29 is 0 Å². The van der Waals surface area contributed by atoms with Crippen LogP contribution in [-0.4, -0.2) is 10.2 Å². The fourth-order valence-corrected chi connectivity index (χ4v) is 2.70. The molecule has 1 heterocycles. The molecule has 1 aromatic carbocycles. The molecule has 0 aliphatic heterocycles. The van der Waals surface area contributed by atoms with Gasteiger partial charge in [-0.25, -0.2) is 0 Å². The highest BCUT2D eigenvalue weighted by molar-refractivity contribution is 5.64. The van der Waals surface area contributed by atoms with E-state index in [-0.39, 0.29) is 0 Å². The second-order valence-corrected chi connectivity index (χ2v) is 6.35. The lowest BCUT2D eigenvalue weighted by Crippen LogP contribution is -1.89. The van der Waals surface area contributed by atoms with Crippen LogP contribution in [0.1, 0.15) is 92.3 Å². The zero-order valence-electron chi connectivity index (χ0n) is 21.9. The number of hydrogen-bond donors (Lipinski definition) is 1. The van der Waals surface area contributed by atoms with Crippen molar-refractivity contribution in [3.8, 4) is 11.3 Å². The van der Waals surface area contributed by atoms with Gasteiger partial charge in [0.05, 0.1) is 5.69 Å². The van der Waals surface area contributed by atoms with Crippen molar-refractivity contribution in [1.29, 1.82) is 0 Å². The van der Waals surface area contributed by atoms with Crippen molar-refractivity contribution >= 4 is 0 Å². The smallest absolute Gasteiger partial charge is 0.0955 e. The first-order chi connectivity index (χ1) is 15.2. The van der Waals surface area contributed by atoms with E-state index in [0.29, 0.717) is 0 Å². The van der Waals surface area contributed by atoms with Gasteiger partial charge in [0.1, 0.15) is 0 Å². The van der Waals surface area contributed by atoms with Gasteiger partial charge in [0, 0.05) is 16.8 Å². The molecule has 0 saturated heterocycles. The van der Waals surface area contributed by atoms with Crippen LogP contribution < -0.4 is 0 Å². The largest absolute Gasteiger partial charge is 0.282 e. The Balaban J connectivity index is -0.000000441. The number of rotatable bonds is 2. The standard InChI is InChI=1S/C14H16N2.C6H12.C3H6.2C2H6.C2H4/c1-3-7-11(8-4-1)14-12-9-5-2-6-10-13(12)15-16-14;1-4-6(3)5-2;1-3-2;3*1-2/h1,3-4,7-8H,2,5-6,9-10H2,(H,15,16);4H,5H2,1-3H3;3H,1H2,2H3;2*1-2H3;1-2H2/b;6-4-;;;;. The van der Waals surface area contributed by atoms with Crippen molar-refractivity contribution in [2.75, 3.05) is 0 Å². The summed E-state index contributed by atoms with van der Waals surface area (Å²) in [5.74, 6) is 0. The van der Waals surface area contributed by atoms with Crippen molar-refractivity contribution in [1.82, 2.24) is 10.2 Å². The van der Waals surface area contributed by atoms with Crippen LogP contribution >= 0.6 is 0 Å². The first kappa shape index (κ1) is 33.3. The van der Waals surface area contributed by atoms with Crippen LogP contribution in [0.3, 0.4) is 0 Å². The number of hydrogen-bond acceptors (Lipinski definition) is 1. The van der Waals surface area contributed by atoms with E-state index >= 15 is 0 Å². The molecule has 0 amide bonds. The lowest BCUT2D eigenvalue weighted by Gasteiger charge is -2.01. The summed E-state index contributed by atoms with van der Waals surface area (Å²) in [5, 5.41) is 7.70. The Hall–Kier alpha value is -2.35. The fraction of sp³-hybridized carbons (Fsp3) is 0.483. The van der Waals surface area contributed by atoms with Crippen LogP contribution in [0.5, 0.6) is 0 Å². The van der Waals surface area contributed by atoms with E-state index < -0.39 is 0 Å². The predicted molar refractivity (Wildman–Crippen MR) is 145 cm³/mol. The van der Waals surface area contributed by atoms with Crippen molar-refractivity contribution in [3.63, 3.8) is 0 Å². The fourth-order valence-electron chi connectivity index (χ4n) is 2.70. The molecule has 2 heteroatoms. The molecule has 1 aliphatic carbocycles. The number of nitrogens with zero attached hydrogens (tertiary/aromatic N) is 1. The average molecular weight is 427 g/mol. The van der Waals surface area contributed by atoms with E-state index in [0.717, 1.165) is 12.1 Å². The van der Waals surface area contributed by atoms with Crippen molar-refractivity contribution in [2.45, 2.75) is 93.9 Å². The predicted octanol–water partition coefficient (Wildman–Crippen LogP) is 9.76. The Labute approximate surface area is 194 Å². The summed E-state index contributed by atoms with van der Waals surface area (Å²) in [6.07, 6.45) is 11.4. The van der Waals surface area contributed by atoms with Gasteiger partial charge in [0.25, 0.3) is 0 Å². The summed E-state index contributed by atoms with van der Waals surface area (Å²) in [6, 6.07) is 10.5. The minimum Gasteiger partial charge on any atom is -0.282 e. The van der Waals surface area contributed by atoms with Gasteiger partial charge in [-0.15, -0.1) is 19.7 Å². The van der Waals surface area contributed by atoms with Crippen LogP contribution in [0, 0.1) is 0 Å². The number of allylic oxidation sites excluding steroid dienone is 3. The number of aromatic amines is 1. The number of benzene rings is 1. The van der Waals surface area contributed by atoms with E-state index in [9.17, 15) is 0 Å². The summed E-state index contributed by atoms with van der Waals surface area (Å²) in [7, 11) is 0. The first-order valence-corrected chi connectivity index (χ1v) is 12.0. The Kier molecular flexibility index (Phi) is 27.6. The van der Waals surface area contributed by atoms with Gasteiger partial charge in [-0.05, 0) is 52.9 Å². The van der Waals surface area contributed by atoms with Crippen LogP contribution in [0.2, 0.25) is 0 Å². The number of nitrogens with one attached hydrogen (secondary N) is 1. The lowest BCUT2D eigenvalue weighted by atomic mass is 10.0. The van der Waals surface area contributed by atoms with Gasteiger partial charge in [-0.3, -0.25) is 5.10 Å². The molecular formula is C29H50N2. The monoisotopic (exact) mass is 426 g/mol. The molecule has 2 nitrogen and oxygen atoms in total. The van der Waals surface area contributed by atoms with Gasteiger partial charge in [-0.2, -0.15) is 5.10 Å². The maximum atomic E-state index is 4.48. The minimum atomic E-state index is 1.16. The zero-order valence-corrected chi connectivity index (χ0v) is 21.9. The summed E-state index contributed by atoms with van der Waals surface area (Å²) >= 11 is 0. The zero-order chi connectivity index (χ0) is 24.5. The summed E-state index contributed by atoms with van der Waals surface area (Å²) in [5.41, 5.74) is 6.68. The first-order valence-electron chi connectivity index (χ1n) is 12.0. The van der Waals surface area contributed by atoms with E-state index in [1.807, 2.05) is 34.6 Å². The Bertz CT molecular complexity index is 651. The number of H-pyrrole nitrogens is 1. The quantitative estimate of drug-likeness (QED) is 0.375. The molecule has 0 bridgehead atoms.